The molecule has 2 bridgehead atoms. The van der Waals surface area contributed by atoms with Gasteiger partial charge >= 0.3 is 0 Å². The van der Waals surface area contributed by atoms with Crippen molar-refractivity contribution in [3.05, 3.63) is 52.1 Å². The average Bonchev–Trinajstić information content (AvgIpc) is 3.39. The maximum Gasteiger partial charge on any atom is 0.277 e. The van der Waals surface area contributed by atoms with Gasteiger partial charge < -0.3 is 5.32 Å². The van der Waals surface area contributed by atoms with Crippen molar-refractivity contribution in [1.82, 2.24) is 20.4 Å². The van der Waals surface area contributed by atoms with Gasteiger partial charge in [-0.25, -0.2) is 5.10 Å². The standard InChI is InChI=1S/C19H19N5O2/c25-18-13-4-2-1-3-12(13)17(23-24-18)19(26)20-16-9-15(21-22-16)14-8-10-5-6-11(14)7-10/h1-4,9-11,14H,5-8H2,(H,24,25)(H2,20,21,22,26)/t10-,11-,14-/m0/s1. The van der Waals surface area contributed by atoms with Crippen molar-refractivity contribution in [3.63, 3.8) is 0 Å². The predicted octanol–water partition coefficient (Wildman–Crippen LogP) is 2.80. The van der Waals surface area contributed by atoms with E-state index in [1.165, 1.54) is 25.7 Å². The first-order valence-electron chi connectivity index (χ1n) is 9.03. The van der Waals surface area contributed by atoms with Crippen LogP contribution in [0, 0.1) is 11.8 Å². The molecular weight excluding hydrogens is 330 g/mol. The second-order valence-corrected chi connectivity index (χ2v) is 7.39. The fourth-order valence-corrected chi connectivity index (χ4v) is 4.68. The molecule has 1 amide bonds. The summed E-state index contributed by atoms with van der Waals surface area (Å²) in [5.41, 5.74) is 0.979. The van der Waals surface area contributed by atoms with Crippen molar-refractivity contribution >= 4 is 22.5 Å². The van der Waals surface area contributed by atoms with Gasteiger partial charge in [0.15, 0.2) is 11.5 Å². The molecule has 0 unspecified atom stereocenters. The molecule has 3 atom stereocenters. The Hall–Kier alpha value is -2.96. The number of aromatic amines is 2. The molecule has 7 heteroatoms. The number of fused-ring (bicyclic) bond motifs is 3. The van der Waals surface area contributed by atoms with Crippen LogP contribution < -0.4 is 10.9 Å². The van der Waals surface area contributed by atoms with Crippen LogP contribution >= 0.6 is 0 Å². The first-order chi connectivity index (χ1) is 12.7. The molecule has 2 fully saturated rings. The molecule has 2 heterocycles. The van der Waals surface area contributed by atoms with E-state index in [2.05, 4.69) is 25.7 Å². The van der Waals surface area contributed by atoms with Crippen LogP contribution in [0.3, 0.4) is 0 Å². The van der Waals surface area contributed by atoms with Crippen molar-refractivity contribution in [2.75, 3.05) is 5.32 Å². The summed E-state index contributed by atoms with van der Waals surface area (Å²) in [7, 11) is 0. The molecular formula is C19H19N5O2. The lowest BCUT2D eigenvalue weighted by Crippen LogP contribution is -2.19. The smallest absolute Gasteiger partial charge is 0.277 e. The second kappa shape index (κ2) is 5.79. The lowest BCUT2D eigenvalue weighted by Gasteiger charge is -2.19. The highest BCUT2D eigenvalue weighted by Crippen LogP contribution is 2.52. The third-order valence-corrected chi connectivity index (χ3v) is 5.89. The molecule has 7 nitrogen and oxygen atoms in total. The van der Waals surface area contributed by atoms with Gasteiger partial charge in [-0.2, -0.15) is 10.2 Å². The number of benzene rings is 1. The van der Waals surface area contributed by atoms with E-state index in [-0.39, 0.29) is 17.2 Å². The minimum Gasteiger partial charge on any atom is -0.304 e. The number of hydrogen-bond donors (Lipinski definition) is 3. The van der Waals surface area contributed by atoms with Crippen molar-refractivity contribution < 1.29 is 4.79 Å². The summed E-state index contributed by atoms with van der Waals surface area (Å²) in [5, 5.41) is 17.4. The highest BCUT2D eigenvalue weighted by Gasteiger charge is 2.40. The number of nitrogens with one attached hydrogen (secondary N) is 3. The maximum absolute atomic E-state index is 12.6. The number of carbonyl (C=O) groups is 1. The van der Waals surface area contributed by atoms with Gasteiger partial charge in [0, 0.05) is 23.1 Å². The quantitative estimate of drug-likeness (QED) is 0.676. The maximum atomic E-state index is 12.6. The molecule has 2 aliphatic carbocycles. The highest BCUT2D eigenvalue weighted by atomic mass is 16.2. The van der Waals surface area contributed by atoms with Crippen LogP contribution in [0.15, 0.2) is 35.1 Å². The van der Waals surface area contributed by atoms with E-state index in [9.17, 15) is 9.59 Å². The molecule has 5 rings (SSSR count). The van der Waals surface area contributed by atoms with E-state index in [4.69, 9.17) is 0 Å². The Morgan fingerprint density at radius 1 is 1.08 bits per heavy atom. The van der Waals surface area contributed by atoms with Gasteiger partial charge in [-0.05, 0) is 37.2 Å². The Bertz CT molecular complexity index is 1050. The zero-order valence-corrected chi connectivity index (χ0v) is 14.2. The molecule has 3 aromatic rings. The molecule has 3 N–H and O–H groups in total. The van der Waals surface area contributed by atoms with Gasteiger partial charge in [0.25, 0.3) is 11.5 Å². The minimum absolute atomic E-state index is 0.185. The van der Waals surface area contributed by atoms with E-state index in [0.717, 1.165) is 17.5 Å². The molecule has 0 saturated heterocycles. The van der Waals surface area contributed by atoms with Crippen LogP contribution in [0.1, 0.15) is 47.8 Å². The van der Waals surface area contributed by atoms with Crippen LogP contribution in [-0.4, -0.2) is 26.3 Å². The summed E-state index contributed by atoms with van der Waals surface area (Å²) in [4.78, 5) is 24.5. The van der Waals surface area contributed by atoms with Crippen molar-refractivity contribution in [2.24, 2.45) is 11.8 Å². The van der Waals surface area contributed by atoms with Crippen LogP contribution in [0.5, 0.6) is 0 Å². The number of amides is 1. The molecule has 0 spiro atoms. The van der Waals surface area contributed by atoms with Gasteiger partial charge in [0.2, 0.25) is 0 Å². The molecule has 2 aromatic heterocycles. The van der Waals surface area contributed by atoms with E-state index in [1.54, 1.807) is 24.3 Å². The molecule has 2 saturated carbocycles. The Morgan fingerprint density at radius 3 is 2.69 bits per heavy atom. The summed E-state index contributed by atoms with van der Waals surface area (Å²) < 4.78 is 0. The lowest BCUT2D eigenvalue weighted by atomic mass is 9.86. The number of carbonyl (C=O) groups excluding carboxylic acids is 1. The van der Waals surface area contributed by atoms with Crippen molar-refractivity contribution in [3.8, 4) is 0 Å². The molecule has 26 heavy (non-hydrogen) atoms. The summed E-state index contributed by atoms with van der Waals surface area (Å²) in [6.45, 7) is 0. The number of rotatable bonds is 3. The second-order valence-electron chi connectivity index (χ2n) is 7.39. The third-order valence-electron chi connectivity index (χ3n) is 5.89. The van der Waals surface area contributed by atoms with Crippen LogP contribution in [0.4, 0.5) is 5.82 Å². The minimum atomic E-state index is -0.386. The topological polar surface area (TPSA) is 104 Å². The van der Waals surface area contributed by atoms with Gasteiger partial charge in [-0.1, -0.05) is 24.6 Å². The Morgan fingerprint density at radius 2 is 1.92 bits per heavy atom. The van der Waals surface area contributed by atoms with Gasteiger partial charge in [0.1, 0.15) is 0 Å². The summed E-state index contributed by atoms with van der Waals surface area (Å²) in [5.74, 6) is 2.23. The first-order valence-corrected chi connectivity index (χ1v) is 9.03. The molecule has 132 valence electrons. The highest BCUT2D eigenvalue weighted by molar-refractivity contribution is 6.10. The van der Waals surface area contributed by atoms with Crippen LogP contribution in [-0.2, 0) is 0 Å². The number of nitrogens with zero attached hydrogens (tertiary/aromatic N) is 2. The normalized spacial score (nSPS) is 24.2. The summed E-state index contributed by atoms with van der Waals surface area (Å²) in [6, 6.07) is 8.86. The van der Waals surface area contributed by atoms with Gasteiger partial charge in [-0.15, -0.1) is 0 Å². The molecule has 0 aliphatic heterocycles. The monoisotopic (exact) mass is 349 g/mol. The summed E-state index contributed by atoms with van der Waals surface area (Å²) in [6.07, 6.45) is 5.18. The third kappa shape index (κ3) is 2.42. The van der Waals surface area contributed by atoms with E-state index < -0.39 is 0 Å². The molecule has 0 radical (unpaired) electrons. The fourth-order valence-electron chi connectivity index (χ4n) is 4.68. The van der Waals surface area contributed by atoms with E-state index in [1.807, 2.05) is 6.07 Å². The van der Waals surface area contributed by atoms with Crippen LogP contribution in [0.2, 0.25) is 0 Å². The SMILES string of the molecule is O=C(Nc1cc([C@H]2C[C@H]3CC[C@H]2C3)[nH]n1)c1n[nH]c(=O)c2ccccc12. The van der Waals surface area contributed by atoms with Crippen LogP contribution in [0.25, 0.3) is 10.8 Å². The zero-order valence-electron chi connectivity index (χ0n) is 14.2. The average molecular weight is 349 g/mol. The van der Waals surface area contributed by atoms with Gasteiger partial charge in [0.05, 0.1) is 5.39 Å². The zero-order chi connectivity index (χ0) is 17.7. The predicted molar refractivity (Wildman–Crippen MR) is 97.1 cm³/mol. The lowest BCUT2D eigenvalue weighted by molar-refractivity contribution is 0.102. The van der Waals surface area contributed by atoms with E-state index in [0.29, 0.717) is 22.5 Å². The van der Waals surface area contributed by atoms with Crippen molar-refractivity contribution in [1.29, 1.82) is 0 Å². The first kappa shape index (κ1) is 15.3. The molecule has 1 aromatic carbocycles. The van der Waals surface area contributed by atoms with Crippen molar-refractivity contribution in [2.45, 2.75) is 31.6 Å². The Labute approximate surface area is 149 Å². The Kier molecular flexibility index (Phi) is 3.41. The van der Waals surface area contributed by atoms with E-state index >= 15 is 0 Å². The summed E-state index contributed by atoms with van der Waals surface area (Å²) >= 11 is 0. The Balaban J connectivity index is 1.40. The van der Waals surface area contributed by atoms with Gasteiger partial charge in [-0.3, -0.25) is 14.7 Å². The number of aromatic nitrogens is 4. The molecule has 2 aliphatic rings. The fraction of sp³-hybridized carbons (Fsp3) is 0.368. The largest absolute Gasteiger partial charge is 0.304 e. The number of H-pyrrole nitrogens is 2. The number of hydrogen-bond acceptors (Lipinski definition) is 4. The number of anilines is 1.